The number of aryl methyl sites for hydroxylation is 1. The number of carboxylic acids is 1. The molecule has 22 heavy (non-hydrogen) atoms. The number of aromatic nitrogens is 2. The third-order valence-corrected chi connectivity index (χ3v) is 3.57. The first-order chi connectivity index (χ1) is 10.7. The third-order valence-electron chi connectivity index (χ3n) is 3.57. The summed E-state index contributed by atoms with van der Waals surface area (Å²) in [5, 5.41) is 10.1. The molecule has 1 N–H and O–H groups in total. The van der Waals surface area contributed by atoms with Crippen LogP contribution in [0.15, 0.2) is 48.8 Å². The Balaban J connectivity index is 1.94. The molecule has 3 rings (SSSR count). The van der Waals surface area contributed by atoms with Crippen LogP contribution >= 0.6 is 0 Å². The van der Waals surface area contributed by atoms with E-state index in [0.717, 1.165) is 23.1 Å². The Kier molecular flexibility index (Phi) is 3.78. The van der Waals surface area contributed by atoms with E-state index in [1.54, 1.807) is 24.5 Å². The van der Waals surface area contributed by atoms with Gasteiger partial charge in [-0.2, -0.15) is 0 Å². The van der Waals surface area contributed by atoms with Crippen LogP contribution in [0.3, 0.4) is 0 Å². The molecular weight excluding hydrogens is 280 g/mol. The van der Waals surface area contributed by atoms with Gasteiger partial charge in [-0.15, -0.1) is 0 Å². The fourth-order valence-electron chi connectivity index (χ4n) is 2.53. The second-order valence-electron chi connectivity index (χ2n) is 4.94. The normalized spacial score (nSPS) is 10.8. The van der Waals surface area contributed by atoms with Gasteiger partial charge in [-0.25, -0.2) is 4.79 Å². The minimum Gasteiger partial charge on any atom is -0.486 e. The SMILES string of the molecule is CCn1c(COc2cccnc2)cc2ccc(C(=O)O)cc21. The molecule has 5 nitrogen and oxygen atoms in total. The first kappa shape index (κ1) is 14.1. The van der Waals surface area contributed by atoms with Crippen molar-refractivity contribution in [3.8, 4) is 5.75 Å². The number of carboxylic acid groups (broad SMARTS) is 1. The quantitative estimate of drug-likeness (QED) is 0.784. The van der Waals surface area contributed by atoms with Crippen molar-refractivity contribution >= 4 is 16.9 Å². The lowest BCUT2D eigenvalue weighted by atomic mass is 10.1. The Morgan fingerprint density at radius 1 is 1.32 bits per heavy atom. The van der Waals surface area contributed by atoms with Crippen LogP contribution in [0.4, 0.5) is 0 Å². The monoisotopic (exact) mass is 296 g/mol. The Hall–Kier alpha value is -2.82. The zero-order valence-corrected chi connectivity index (χ0v) is 12.2. The van der Waals surface area contributed by atoms with E-state index in [2.05, 4.69) is 9.55 Å². The molecule has 0 atom stereocenters. The van der Waals surface area contributed by atoms with Gasteiger partial charge < -0.3 is 14.4 Å². The lowest BCUT2D eigenvalue weighted by molar-refractivity contribution is 0.0697. The van der Waals surface area contributed by atoms with E-state index < -0.39 is 5.97 Å². The fraction of sp³-hybridized carbons (Fsp3) is 0.176. The van der Waals surface area contributed by atoms with Crippen LogP contribution in [0.5, 0.6) is 5.75 Å². The standard InChI is InChI=1S/C17H16N2O3/c1-2-19-14(11-22-15-4-3-7-18-10-15)8-12-5-6-13(17(20)21)9-16(12)19/h3-10H,2,11H2,1H3,(H,20,21). The molecule has 0 radical (unpaired) electrons. The number of nitrogens with zero attached hydrogens (tertiary/aromatic N) is 2. The Morgan fingerprint density at radius 2 is 2.18 bits per heavy atom. The first-order valence-electron chi connectivity index (χ1n) is 7.07. The highest BCUT2D eigenvalue weighted by Crippen LogP contribution is 2.23. The summed E-state index contributed by atoms with van der Waals surface area (Å²) in [6, 6.07) is 10.9. The molecule has 0 aliphatic carbocycles. The molecular formula is C17H16N2O3. The van der Waals surface area contributed by atoms with Crippen molar-refractivity contribution in [1.29, 1.82) is 0 Å². The minimum absolute atomic E-state index is 0.292. The molecule has 0 spiro atoms. The van der Waals surface area contributed by atoms with Gasteiger partial charge in [0.2, 0.25) is 0 Å². The highest BCUT2D eigenvalue weighted by atomic mass is 16.5. The zero-order valence-electron chi connectivity index (χ0n) is 12.2. The van der Waals surface area contributed by atoms with E-state index in [9.17, 15) is 4.79 Å². The van der Waals surface area contributed by atoms with E-state index in [1.165, 1.54) is 0 Å². The second-order valence-corrected chi connectivity index (χ2v) is 4.94. The van der Waals surface area contributed by atoms with E-state index in [4.69, 9.17) is 9.84 Å². The summed E-state index contributed by atoms with van der Waals surface area (Å²) in [5.41, 5.74) is 2.20. The van der Waals surface area contributed by atoms with Crippen molar-refractivity contribution < 1.29 is 14.6 Å². The van der Waals surface area contributed by atoms with Crippen LogP contribution in [0.25, 0.3) is 10.9 Å². The van der Waals surface area contributed by atoms with Crippen molar-refractivity contribution in [2.45, 2.75) is 20.1 Å². The van der Waals surface area contributed by atoms with Gasteiger partial charge in [0.25, 0.3) is 0 Å². The molecule has 0 unspecified atom stereocenters. The molecule has 0 aliphatic heterocycles. The highest BCUT2D eigenvalue weighted by molar-refractivity contribution is 5.93. The fourth-order valence-corrected chi connectivity index (χ4v) is 2.53. The van der Waals surface area contributed by atoms with Crippen molar-refractivity contribution in [2.24, 2.45) is 0 Å². The number of carbonyl (C=O) groups is 1. The maximum atomic E-state index is 11.1. The molecule has 2 aromatic heterocycles. The molecule has 3 aromatic rings. The van der Waals surface area contributed by atoms with Crippen molar-refractivity contribution in [3.63, 3.8) is 0 Å². The van der Waals surface area contributed by atoms with E-state index in [0.29, 0.717) is 17.9 Å². The van der Waals surface area contributed by atoms with E-state index >= 15 is 0 Å². The summed E-state index contributed by atoms with van der Waals surface area (Å²) in [6.45, 7) is 3.19. The van der Waals surface area contributed by atoms with Gasteiger partial charge in [0.1, 0.15) is 12.4 Å². The van der Waals surface area contributed by atoms with Crippen molar-refractivity contribution in [3.05, 3.63) is 60.0 Å². The number of hydrogen-bond donors (Lipinski definition) is 1. The average molecular weight is 296 g/mol. The molecule has 0 saturated heterocycles. The van der Waals surface area contributed by atoms with Crippen LogP contribution in [-0.2, 0) is 13.2 Å². The van der Waals surface area contributed by atoms with Gasteiger partial charge in [0.15, 0.2) is 0 Å². The van der Waals surface area contributed by atoms with Gasteiger partial charge in [0.05, 0.1) is 17.5 Å². The summed E-state index contributed by atoms with van der Waals surface area (Å²) in [6.07, 6.45) is 3.37. The second kappa shape index (κ2) is 5.89. The van der Waals surface area contributed by atoms with E-state index in [1.807, 2.05) is 31.2 Å². The predicted molar refractivity (Wildman–Crippen MR) is 83.1 cm³/mol. The topological polar surface area (TPSA) is 64.4 Å². The molecule has 0 aliphatic rings. The zero-order chi connectivity index (χ0) is 15.5. The van der Waals surface area contributed by atoms with Gasteiger partial charge in [-0.05, 0) is 37.3 Å². The maximum absolute atomic E-state index is 11.1. The molecule has 0 fully saturated rings. The lowest BCUT2D eigenvalue weighted by Gasteiger charge is -2.09. The van der Waals surface area contributed by atoms with Crippen LogP contribution < -0.4 is 4.74 Å². The summed E-state index contributed by atoms with van der Waals surface area (Å²) in [7, 11) is 0. The number of benzene rings is 1. The van der Waals surface area contributed by atoms with Gasteiger partial charge in [-0.3, -0.25) is 4.98 Å². The summed E-state index contributed by atoms with van der Waals surface area (Å²) < 4.78 is 7.81. The maximum Gasteiger partial charge on any atom is 0.335 e. The summed E-state index contributed by atoms with van der Waals surface area (Å²) >= 11 is 0. The number of pyridine rings is 1. The smallest absolute Gasteiger partial charge is 0.335 e. The molecule has 1 aromatic carbocycles. The predicted octanol–water partition coefficient (Wildman–Crippen LogP) is 3.33. The highest BCUT2D eigenvalue weighted by Gasteiger charge is 2.11. The summed E-state index contributed by atoms with van der Waals surface area (Å²) in [5.74, 6) is -0.208. The Labute approximate surface area is 127 Å². The Bertz CT molecular complexity index is 809. The largest absolute Gasteiger partial charge is 0.486 e. The van der Waals surface area contributed by atoms with E-state index in [-0.39, 0.29) is 0 Å². The summed E-state index contributed by atoms with van der Waals surface area (Å²) in [4.78, 5) is 15.1. The Morgan fingerprint density at radius 3 is 2.86 bits per heavy atom. The number of rotatable bonds is 5. The number of ether oxygens (including phenoxy) is 1. The van der Waals surface area contributed by atoms with Crippen LogP contribution in [0, 0.1) is 0 Å². The number of hydrogen-bond acceptors (Lipinski definition) is 3. The molecule has 0 saturated carbocycles. The molecule has 112 valence electrons. The number of aromatic carboxylic acids is 1. The van der Waals surface area contributed by atoms with Crippen LogP contribution in [0.2, 0.25) is 0 Å². The number of fused-ring (bicyclic) bond motifs is 1. The lowest BCUT2D eigenvalue weighted by Crippen LogP contribution is -2.05. The third kappa shape index (κ3) is 2.65. The average Bonchev–Trinajstić information content (AvgIpc) is 2.90. The van der Waals surface area contributed by atoms with Gasteiger partial charge in [0, 0.05) is 23.6 Å². The van der Waals surface area contributed by atoms with Crippen molar-refractivity contribution in [2.75, 3.05) is 0 Å². The van der Waals surface area contributed by atoms with Gasteiger partial charge >= 0.3 is 5.97 Å². The molecule has 5 heteroatoms. The molecule has 0 amide bonds. The molecule has 2 heterocycles. The van der Waals surface area contributed by atoms with Gasteiger partial charge in [-0.1, -0.05) is 6.07 Å². The first-order valence-corrected chi connectivity index (χ1v) is 7.07. The van der Waals surface area contributed by atoms with Crippen LogP contribution in [-0.4, -0.2) is 20.6 Å². The van der Waals surface area contributed by atoms with Crippen LogP contribution in [0.1, 0.15) is 23.0 Å². The minimum atomic E-state index is -0.918. The van der Waals surface area contributed by atoms with Crippen molar-refractivity contribution in [1.82, 2.24) is 9.55 Å². The molecule has 0 bridgehead atoms.